The SMILES string of the molecule is CCCC[C@@H]1C(CO)O[C@@H](O)C(O)[C@H]1O. The van der Waals surface area contributed by atoms with Crippen LogP contribution >= 0.6 is 0 Å². The van der Waals surface area contributed by atoms with E-state index in [0.29, 0.717) is 6.42 Å². The first-order valence-corrected chi connectivity index (χ1v) is 5.42. The van der Waals surface area contributed by atoms with Crippen LogP contribution in [-0.2, 0) is 4.74 Å². The quantitative estimate of drug-likeness (QED) is 0.499. The van der Waals surface area contributed by atoms with E-state index in [0.717, 1.165) is 12.8 Å². The van der Waals surface area contributed by atoms with E-state index < -0.39 is 24.6 Å². The summed E-state index contributed by atoms with van der Waals surface area (Å²) in [5, 5.41) is 37.5. The highest BCUT2D eigenvalue weighted by Crippen LogP contribution is 2.28. The van der Waals surface area contributed by atoms with E-state index in [-0.39, 0.29) is 12.5 Å². The van der Waals surface area contributed by atoms with Crippen LogP contribution < -0.4 is 0 Å². The summed E-state index contributed by atoms with van der Waals surface area (Å²) >= 11 is 0. The zero-order valence-electron chi connectivity index (χ0n) is 8.91. The van der Waals surface area contributed by atoms with Crippen LogP contribution in [0.4, 0.5) is 0 Å². The fourth-order valence-corrected chi connectivity index (χ4v) is 1.98. The van der Waals surface area contributed by atoms with Gasteiger partial charge in [-0.15, -0.1) is 0 Å². The normalized spacial score (nSPS) is 41.8. The van der Waals surface area contributed by atoms with Gasteiger partial charge < -0.3 is 25.2 Å². The number of hydrogen-bond donors (Lipinski definition) is 4. The van der Waals surface area contributed by atoms with E-state index in [1.165, 1.54) is 0 Å². The minimum Gasteiger partial charge on any atom is -0.394 e. The molecule has 1 fully saturated rings. The third-order valence-electron chi connectivity index (χ3n) is 2.94. The zero-order valence-corrected chi connectivity index (χ0v) is 8.91. The maximum Gasteiger partial charge on any atom is 0.183 e. The van der Waals surface area contributed by atoms with Crippen molar-refractivity contribution in [3.63, 3.8) is 0 Å². The predicted molar refractivity (Wildman–Crippen MR) is 53.0 cm³/mol. The van der Waals surface area contributed by atoms with Crippen LogP contribution in [0.5, 0.6) is 0 Å². The Kier molecular flexibility index (Phi) is 4.95. The lowest BCUT2D eigenvalue weighted by Crippen LogP contribution is -2.55. The summed E-state index contributed by atoms with van der Waals surface area (Å²) in [6, 6.07) is 0. The van der Waals surface area contributed by atoms with Crippen LogP contribution in [0.25, 0.3) is 0 Å². The largest absolute Gasteiger partial charge is 0.394 e. The van der Waals surface area contributed by atoms with Crippen molar-refractivity contribution in [2.24, 2.45) is 5.92 Å². The average molecular weight is 220 g/mol. The first kappa shape index (κ1) is 12.9. The Hall–Kier alpha value is -0.200. The molecule has 2 unspecified atom stereocenters. The monoisotopic (exact) mass is 220 g/mol. The molecule has 1 saturated heterocycles. The molecule has 1 aliphatic rings. The van der Waals surface area contributed by atoms with Crippen LogP contribution in [0.2, 0.25) is 0 Å². The molecular weight excluding hydrogens is 200 g/mol. The van der Waals surface area contributed by atoms with Crippen molar-refractivity contribution in [1.29, 1.82) is 0 Å². The van der Waals surface area contributed by atoms with Gasteiger partial charge >= 0.3 is 0 Å². The Morgan fingerprint density at radius 3 is 2.33 bits per heavy atom. The topological polar surface area (TPSA) is 90.2 Å². The predicted octanol–water partition coefficient (Wildman–Crippen LogP) is -0.776. The highest BCUT2D eigenvalue weighted by molar-refractivity contribution is 4.88. The van der Waals surface area contributed by atoms with Gasteiger partial charge in [0.25, 0.3) is 0 Å². The number of unbranched alkanes of at least 4 members (excludes halogenated alkanes) is 1. The van der Waals surface area contributed by atoms with Gasteiger partial charge in [-0.3, -0.25) is 0 Å². The van der Waals surface area contributed by atoms with E-state index in [1.807, 2.05) is 6.92 Å². The molecule has 0 amide bonds. The molecule has 4 N–H and O–H groups in total. The van der Waals surface area contributed by atoms with Gasteiger partial charge in [-0.2, -0.15) is 0 Å². The van der Waals surface area contributed by atoms with Crippen molar-refractivity contribution in [2.75, 3.05) is 6.61 Å². The molecule has 5 nitrogen and oxygen atoms in total. The summed E-state index contributed by atoms with van der Waals surface area (Å²) in [5.41, 5.74) is 0. The van der Waals surface area contributed by atoms with Gasteiger partial charge in [0.05, 0.1) is 18.8 Å². The lowest BCUT2D eigenvalue weighted by Gasteiger charge is -2.40. The van der Waals surface area contributed by atoms with Gasteiger partial charge in [0.15, 0.2) is 6.29 Å². The molecule has 0 bridgehead atoms. The van der Waals surface area contributed by atoms with Crippen molar-refractivity contribution < 1.29 is 25.2 Å². The Bertz CT molecular complexity index is 185. The molecule has 0 saturated carbocycles. The van der Waals surface area contributed by atoms with Crippen LogP contribution in [-0.4, -0.2) is 51.6 Å². The van der Waals surface area contributed by atoms with Crippen LogP contribution in [0.3, 0.4) is 0 Å². The molecule has 15 heavy (non-hydrogen) atoms. The number of rotatable bonds is 4. The fourth-order valence-electron chi connectivity index (χ4n) is 1.98. The van der Waals surface area contributed by atoms with Crippen LogP contribution in [0, 0.1) is 5.92 Å². The lowest BCUT2D eigenvalue weighted by molar-refractivity contribution is -0.274. The van der Waals surface area contributed by atoms with Gasteiger partial charge in [0, 0.05) is 5.92 Å². The number of ether oxygens (including phenoxy) is 1. The molecule has 5 heteroatoms. The highest BCUT2D eigenvalue weighted by Gasteiger charge is 2.42. The Balaban J connectivity index is 2.62. The van der Waals surface area contributed by atoms with Gasteiger partial charge in [-0.1, -0.05) is 19.8 Å². The van der Waals surface area contributed by atoms with E-state index in [2.05, 4.69) is 0 Å². The van der Waals surface area contributed by atoms with Crippen molar-refractivity contribution in [2.45, 2.75) is 50.8 Å². The Labute approximate surface area is 89.3 Å². The first-order valence-electron chi connectivity index (χ1n) is 5.42. The second-order valence-electron chi connectivity index (χ2n) is 4.03. The van der Waals surface area contributed by atoms with Gasteiger partial charge in [-0.05, 0) is 6.42 Å². The molecule has 1 rings (SSSR count). The fraction of sp³-hybridized carbons (Fsp3) is 1.00. The third kappa shape index (κ3) is 2.89. The second kappa shape index (κ2) is 5.77. The molecular formula is C10H20O5. The van der Waals surface area contributed by atoms with Crippen LogP contribution in [0.15, 0.2) is 0 Å². The summed E-state index contributed by atoms with van der Waals surface area (Å²) < 4.78 is 5.02. The summed E-state index contributed by atoms with van der Waals surface area (Å²) in [6.45, 7) is 1.77. The minimum absolute atomic E-state index is 0.255. The molecule has 0 aromatic rings. The van der Waals surface area contributed by atoms with Crippen molar-refractivity contribution in [1.82, 2.24) is 0 Å². The van der Waals surface area contributed by atoms with E-state index in [4.69, 9.17) is 9.84 Å². The summed E-state index contributed by atoms with van der Waals surface area (Å²) in [5.74, 6) is -0.312. The number of aliphatic hydroxyl groups excluding tert-OH is 4. The maximum atomic E-state index is 9.73. The van der Waals surface area contributed by atoms with Gasteiger partial charge in [0.2, 0.25) is 0 Å². The van der Waals surface area contributed by atoms with E-state index in [9.17, 15) is 15.3 Å². The van der Waals surface area contributed by atoms with Gasteiger partial charge in [-0.25, -0.2) is 0 Å². The first-order chi connectivity index (χ1) is 7.11. The molecule has 5 atom stereocenters. The molecule has 0 aromatic heterocycles. The molecule has 90 valence electrons. The average Bonchev–Trinajstić information content (AvgIpc) is 2.24. The molecule has 1 heterocycles. The molecule has 0 aliphatic carbocycles. The Morgan fingerprint density at radius 1 is 1.13 bits per heavy atom. The Morgan fingerprint density at radius 2 is 1.80 bits per heavy atom. The minimum atomic E-state index is -1.41. The van der Waals surface area contributed by atoms with E-state index >= 15 is 0 Å². The second-order valence-corrected chi connectivity index (χ2v) is 4.03. The maximum absolute atomic E-state index is 9.73. The van der Waals surface area contributed by atoms with Crippen molar-refractivity contribution in [3.8, 4) is 0 Å². The lowest BCUT2D eigenvalue weighted by atomic mass is 9.85. The summed E-state index contributed by atoms with van der Waals surface area (Å²) in [7, 11) is 0. The molecule has 0 radical (unpaired) electrons. The van der Waals surface area contributed by atoms with E-state index in [1.54, 1.807) is 0 Å². The standard InChI is InChI=1S/C10H20O5/c1-2-3-4-6-7(5-11)15-10(14)9(13)8(6)12/h6-14H,2-5H2,1H3/t6-,7?,8+,9?,10-/m1/s1. The highest BCUT2D eigenvalue weighted by atomic mass is 16.6. The molecule has 0 spiro atoms. The summed E-state index contributed by atoms with van der Waals surface area (Å²) in [6.07, 6.45) is -1.77. The summed E-state index contributed by atoms with van der Waals surface area (Å²) in [4.78, 5) is 0. The zero-order chi connectivity index (χ0) is 11.4. The van der Waals surface area contributed by atoms with Crippen LogP contribution in [0.1, 0.15) is 26.2 Å². The van der Waals surface area contributed by atoms with Gasteiger partial charge in [0.1, 0.15) is 6.10 Å². The third-order valence-corrected chi connectivity index (χ3v) is 2.94. The molecule has 0 aromatic carbocycles. The van der Waals surface area contributed by atoms with Crippen molar-refractivity contribution in [3.05, 3.63) is 0 Å². The molecule has 1 aliphatic heterocycles. The number of aliphatic hydroxyl groups is 4. The smallest absolute Gasteiger partial charge is 0.183 e. The number of hydrogen-bond acceptors (Lipinski definition) is 5. The van der Waals surface area contributed by atoms with Crippen molar-refractivity contribution >= 4 is 0 Å².